The fraction of sp³-hybridized carbons (Fsp3) is 0.375. The van der Waals surface area contributed by atoms with Crippen LogP contribution in [-0.2, 0) is 0 Å². The van der Waals surface area contributed by atoms with Crippen LogP contribution >= 0.6 is 0 Å². The summed E-state index contributed by atoms with van der Waals surface area (Å²) < 4.78 is 0. The highest BCUT2D eigenvalue weighted by atomic mass is 28.2. The molecular weight excluding hydrogens is 234 g/mol. The average molecular weight is 253 g/mol. The Balaban J connectivity index is 2.16. The highest BCUT2D eigenvalue weighted by Crippen LogP contribution is 2.38. The van der Waals surface area contributed by atoms with E-state index in [1.165, 1.54) is 28.1 Å². The Morgan fingerprint density at radius 1 is 1.28 bits per heavy atom. The molecule has 0 N–H and O–H groups in total. The molecule has 2 heteroatoms. The molecule has 0 saturated carbocycles. The maximum absolute atomic E-state index is 4.77. The van der Waals surface area contributed by atoms with Gasteiger partial charge in [0.2, 0.25) is 0 Å². The Labute approximate surface area is 111 Å². The van der Waals surface area contributed by atoms with Crippen LogP contribution in [0.4, 0.5) is 0 Å². The van der Waals surface area contributed by atoms with Gasteiger partial charge < -0.3 is 0 Å². The third-order valence-corrected chi connectivity index (χ3v) is 5.61. The SMILES string of the molecule is CC1=CC(C2=C3C(=CCC3=[Si](C)C)N=C2C)C=C1. The minimum Gasteiger partial charge on any atom is -0.253 e. The number of nitrogens with zero attached hydrogens (tertiary/aromatic N) is 1. The summed E-state index contributed by atoms with van der Waals surface area (Å²) in [4.78, 5) is 4.77. The van der Waals surface area contributed by atoms with E-state index in [1.54, 1.807) is 5.17 Å². The topological polar surface area (TPSA) is 12.4 Å². The van der Waals surface area contributed by atoms with Crippen LogP contribution in [0.5, 0.6) is 0 Å². The number of rotatable bonds is 1. The summed E-state index contributed by atoms with van der Waals surface area (Å²) >= 11 is 0. The first-order valence-electron chi connectivity index (χ1n) is 6.61. The average Bonchev–Trinajstić information content (AvgIpc) is 2.92. The highest BCUT2D eigenvalue weighted by Gasteiger charge is 2.31. The van der Waals surface area contributed by atoms with Gasteiger partial charge in [0, 0.05) is 25.6 Å². The lowest BCUT2D eigenvalue weighted by Gasteiger charge is -2.13. The van der Waals surface area contributed by atoms with Crippen LogP contribution in [0.2, 0.25) is 13.1 Å². The van der Waals surface area contributed by atoms with Crippen molar-refractivity contribution in [3.8, 4) is 0 Å². The lowest BCUT2D eigenvalue weighted by molar-refractivity contribution is 1.04. The van der Waals surface area contributed by atoms with Crippen LogP contribution in [0.15, 0.2) is 51.7 Å². The molecule has 0 aromatic carbocycles. The van der Waals surface area contributed by atoms with E-state index in [-0.39, 0.29) is 8.41 Å². The molecule has 0 bridgehead atoms. The first kappa shape index (κ1) is 11.8. The summed E-state index contributed by atoms with van der Waals surface area (Å²) in [5, 5.41) is 1.66. The van der Waals surface area contributed by atoms with E-state index in [9.17, 15) is 0 Å². The highest BCUT2D eigenvalue weighted by molar-refractivity contribution is 6.73. The van der Waals surface area contributed by atoms with Crippen LogP contribution in [0.25, 0.3) is 0 Å². The zero-order valence-corrected chi connectivity index (χ0v) is 12.5. The fourth-order valence-corrected chi connectivity index (χ4v) is 4.35. The molecule has 18 heavy (non-hydrogen) atoms. The van der Waals surface area contributed by atoms with Gasteiger partial charge in [-0.05, 0) is 25.8 Å². The maximum atomic E-state index is 4.77. The molecule has 0 aromatic heterocycles. The predicted molar refractivity (Wildman–Crippen MR) is 81.7 cm³/mol. The Morgan fingerprint density at radius 2 is 2.06 bits per heavy atom. The van der Waals surface area contributed by atoms with Gasteiger partial charge in [-0.2, -0.15) is 0 Å². The number of hydrogen-bond donors (Lipinski definition) is 0. The summed E-state index contributed by atoms with van der Waals surface area (Å²) in [6.45, 7) is 9.11. The van der Waals surface area contributed by atoms with Gasteiger partial charge in [0.15, 0.2) is 0 Å². The molecule has 0 saturated heterocycles. The van der Waals surface area contributed by atoms with E-state index in [4.69, 9.17) is 4.99 Å². The van der Waals surface area contributed by atoms with Crippen molar-refractivity contribution in [2.45, 2.75) is 33.4 Å². The second-order valence-electron chi connectivity index (χ2n) is 5.55. The van der Waals surface area contributed by atoms with Gasteiger partial charge in [-0.1, -0.05) is 48.1 Å². The van der Waals surface area contributed by atoms with Gasteiger partial charge in [-0.3, -0.25) is 4.99 Å². The van der Waals surface area contributed by atoms with Crippen LogP contribution in [0, 0.1) is 5.92 Å². The molecule has 0 spiro atoms. The standard InChI is InChI=1S/C16H19NSi/c1-10-5-6-12(9-10)15-11(2)17-13-7-8-14(16(13)15)18(3)4/h5-7,9,12H,8H2,1-4H3. The van der Waals surface area contributed by atoms with Crippen molar-refractivity contribution in [2.75, 3.05) is 0 Å². The second kappa shape index (κ2) is 4.13. The van der Waals surface area contributed by atoms with Crippen molar-refractivity contribution in [1.29, 1.82) is 0 Å². The van der Waals surface area contributed by atoms with E-state index in [0.717, 1.165) is 6.42 Å². The van der Waals surface area contributed by atoms with E-state index in [2.05, 4.69) is 51.2 Å². The van der Waals surface area contributed by atoms with Crippen LogP contribution < -0.4 is 0 Å². The van der Waals surface area contributed by atoms with Crippen LogP contribution in [0.3, 0.4) is 0 Å². The minimum atomic E-state index is -0.374. The lowest BCUT2D eigenvalue weighted by Crippen LogP contribution is -2.13. The quantitative estimate of drug-likeness (QED) is 0.632. The van der Waals surface area contributed by atoms with Crippen molar-refractivity contribution in [2.24, 2.45) is 10.9 Å². The molecule has 1 nitrogen and oxygen atoms in total. The maximum Gasteiger partial charge on any atom is 0.0671 e. The molecule has 0 radical (unpaired) electrons. The Kier molecular flexibility index (Phi) is 2.70. The van der Waals surface area contributed by atoms with E-state index >= 15 is 0 Å². The summed E-state index contributed by atoms with van der Waals surface area (Å²) in [7, 11) is -0.374. The smallest absolute Gasteiger partial charge is 0.0671 e. The van der Waals surface area contributed by atoms with Gasteiger partial charge >= 0.3 is 0 Å². The molecule has 2 aliphatic carbocycles. The number of hydrogen-bond acceptors (Lipinski definition) is 1. The van der Waals surface area contributed by atoms with Gasteiger partial charge in [0.1, 0.15) is 0 Å². The third kappa shape index (κ3) is 1.67. The number of aliphatic imine (C=N–C) groups is 1. The fourth-order valence-electron chi connectivity index (χ4n) is 3.07. The largest absolute Gasteiger partial charge is 0.253 e. The first-order chi connectivity index (χ1) is 8.58. The molecule has 3 rings (SSSR count). The van der Waals surface area contributed by atoms with Crippen molar-refractivity contribution in [1.82, 2.24) is 0 Å². The predicted octanol–water partition coefficient (Wildman–Crippen LogP) is 3.69. The van der Waals surface area contributed by atoms with Crippen LogP contribution in [0.1, 0.15) is 20.3 Å². The zero-order valence-electron chi connectivity index (χ0n) is 11.5. The lowest BCUT2D eigenvalue weighted by atomic mass is 9.92. The number of allylic oxidation sites excluding steroid dienone is 7. The van der Waals surface area contributed by atoms with Gasteiger partial charge in [-0.25, -0.2) is 0 Å². The zero-order chi connectivity index (χ0) is 12.9. The molecule has 0 amide bonds. The van der Waals surface area contributed by atoms with E-state index in [0.29, 0.717) is 5.92 Å². The van der Waals surface area contributed by atoms with Crippen LogP contribution in [-0.4, -0.2) is 19.3 Å². The minimum absolute atomic E-state index is 0.374. The normalized spacial score (nSPS) is 25.4. The molecule has 1 unspecified atom stereocenters. The second-order valence-corrected chi connectivity index (χ2v) is 8.16. The third-order valence-electron chi connectivity index (χ3n) is 3.95. The summed E-state index contributed by atoms with van der Waals surface area (Å²) in [5.41, 5.74) is 6.80. The van der Waals surface area contributed by atoms with E-state index in [1.807, 2.05) is 0 Å². The summed E-state index contributed by atoms with van der Waals surface area (Å²) in [6, 6.07) is 0. The van der Waals surface area contributed by atoms with E-state index < -0.39 is 0 Å². The summed E-state index contributed by atoms with van der Waals surface area (Å²) in [6.07, 6.45) is 10.3. The molecule has 0 fully saturated rings. The van der Waals surface area contributed by atoms with Crippen molar-refractivity contribution in [3.63, 3.8) is 0 Å². The molecule has 3 aliphatic rings. The molecule has 1 aliphatic heterocycles. The van der Waals surface area contributed by atoms with Gasteiger partial charge in [0.25, 0.3) is 0 Å². The molecule has 0 aromatic rings. The summed E-state index contributed by atoms with van der Waals surface area (Å²) in [5.74, 6) is 0.448. The van der Waals surface area contributed by atoms with Gasteiger partial charge in [-0.15, -0.1) is 0 Å². The van der Waals surface area contributed by atoms with Crippen molar-refractivity contribution >= 4 is 19.3 Å². The first-order valence-corrected chi connectivity index (χ1v) is 9.11. The van der Waals surface area contributed by atoms with Crippen molar-refractivity contribution < 1.29 is 0 Å². The molecule has 92 valence electrons. The van der Waals surface area contributed by atoms with Gasteiger partial charge in [0.05, 0.1) is 5.70 Å². The molecule has 1 heterocycles. The molecular formula is C16H19NSi. The Bertz CT molecular complexity index is 605. The monoisotopic (exact) mass is 253 g/mol. The van der Waals surface area contributed by atoms with Crippen molar-refractivity contribution in [3.05, 3.63) is 46.7 Å². The molecule has 1 atom stereocenters. The number of fused-ring (bicyclic) bond motifs is 1. The Morgan fingerprint density at radius 3 is 2.67 bits per heavy atom. The Hall–Kier alpha value is -1.28.